The Balaban J connectivity index is 2.31. The van der Waals surface area contributed by atoms with Crippen LogP contribution in [0.1, 0.15) is 18.0 Å². The van der Waals surface area contributed by atoms with Gasteiger partial charge < -0.3 is 9.47 Å². The summed E-state index contributed by atoms with van der Waals surface area (Å²) in [5.41, 5.74) is -0.183. The average Bonchev–Trinajstić information content (AvgIpc) is 2.77. The first-order valence-corrected chi connectivity index (χ1v) is 10.1. The highest BCUT2D eigenvalue weighted by Gasteiger charge is 2.61. The molecule has 1 saturated heterocycles. The van der Waals surface area contributed by atoms with Gasteiger partial charge in [-0.25, -0.2) is 5.06 Å². The standard InChI is InChI=1S/C22H22INO5/c1-4-16-14-22(20(25)27-2,21(26)28-3)19(15-10-6-5-7-11-15)24(29-16)18-13-9-8-12-17(18)23/h4-13,16,19H,1,14H2,2-3H3/t16-,19?/m0/s1. The van der Waals surface area contributed by atoms with E-state index in [2.05, 4.69) is 29.2 Å². The number of carbonyl (C=O) groups is 2. The Morgan fingerprint density at radius 1 is 1.10 bits per heavy atom. The summed E-state index contributed by atoms with van der Waals surface area (Å²) >= 11 is 2.20. The van der Waals surface area contributed by atoms with Gasteiger partial charge in [0.15, 0.2) is 5.41 Å². The minimum Gasteiger partial charge on any atom is -0.468 e. The third-order valence-electron chi connectivity index (χ3n) is 5.04. The number of rotatable bonds is 5. The molecule has 1 fully saturated rings. The van der Waals surface area contributed by atoms with Crippen molar-refractivity contribution in [2.75, 3.05) is 19.3 Å². The molecule has 0 amide bonds. The van der Waals surface area contributed by atoms with E-state index in [0.717, 1.165) is 14.8 Å². The molecule has 0 aromatic heterocycles. The Morgan fingerprint density at radius 3 is 2.24 bits per heavy atom. The van der Waals surface area contributed by atoms with Gasteiger partial charge >= 0.3 is 11.9 Å². The molecule has 0 saturated carbocycles. The number of carbonyl (C=O) groups excluding carboxylic acids is 2. The highest BCUT2D eigenvalue weighted by molar-refractivity contribution is 14.1. The van der Waals surface area contributed by atoms with Crippen LogP contribution in [0.15, 0.2) is 67.3 Å². The minimum atomic E-state index is -1.64. The third kappa shape index (κ3) is 3.76. The molecule has 2 aromatic rings. The lowest BCUT2D eigenvalue weighted by molar-refractivity contribution is -0.183. The van der Waals surface area contributed by atoms with Crippen LogP contribution in [0.5, 0.6) is 0 Å². The summed E-state index contributed by atoms with van der Waals surface area (Å²) in [6.07, 6.45) is 1.03. The zero-order valence-electron chi connectivity index (χ0n) is 16.2. The number of benzene rings is 2. The molecule has 1 aliphatic heterocycles. The first-order chi connectivity index (χ1) is 14.0. The largest absolute Gasteiger partial charge is 0.468 e. The van der Waals surface area contributed by atoms with Gasteiger partial charge in [0.2, 0.25) is 0 Å². The number of nitrogens with zero attached hydrogens (tertiary/aromatic N) is 1. The second-order valence-electron chi connectivity index (χ2n) is 6.63. The lowest BCUT2D eigenvalue weighted by Gasteiger charge is -2.48. The fraction of sp³-hybridized carbons (Fsp3) is 0.273. The first-order valence-electron chi connectivity index (χ1n) is 9.04. The fourth-order valence-corrected chi connectivity index (χ4v) is 4.34. The summed E-state index contributed by atoms with van der Waals surface area (Å²) in [5.74, 6) is -1.35. The van der Waals surface area contributed by atoms with Gasteiger partial charge in [-0.1, -0.05) is 48.5 Å². The smallest absolute Gasteiger partial charge is 0.325 e. The number of anilines is 1. The van der Waals surface area contributed by atoms with E-state index in [-0.39, 0.29) is 6.42 Å². The Morgan fingerprint density at radius 2 is 1.69 bits per heavy atom. The van der Waals surface area contributed by atoms with Crippen molar-refractivity contribution >= 4 is 40.2 Å². The SMILES string of the molecule is C=C[C@H]1CC(C(=O)OC)(C(=O)OC)C(c2ccccc2)N(c2ccccc2I)O1. The second-order valence-corrected chi connectivity index (χ2v) is 7.79. The number of hydrogen-bond acceptors (Lipinski definition) is 6. The van der Waals surface area contributed by atoms with E-state index in [1.165, 1.54) is 14.2 Å². The summed E-state index contributed by atoms with van der Waals surface area (Å²) < 4.78 is 11.1. The molecular weight excluding hydrogens is 485 g/mol. The molecule has 0 aliphatic carbocycles. The lowest BCUT2D eigenvalue weighted by Crippen LogP contribution is -2.58. The number of para-hydroxylation sites is 1. The number of methoxy groups -OCH3 is 2. The predicted molar refractivity (Wildman–Crippen MR) is 117 cm³/mol. The number of ether oxygens (including phenoxy) is 2. The number of hydroxylamine groups is 1. The van der Waals surface area contributed by atoms with Gasteiger partial charge in [0.1, 0.15) is 12.1 Å². The van der Waals surface area contributed by atoms with Crippen molar-refractivity contribution < 1.29 is 23.9 Å². The molecule has 1 aliphatic rings. The van der Waals surface area contributed by atoms with Crippen molar-refractivity contribution in [3.63, 3.8) is 0 Å². The lowest BCUT2D eigenvalue weighted by atomic mass is 9.71. The summed E-state index contributed by atoms with van der Waals surface area (Å²) in [4.78, 5) is 32.5. The number of esters is 2. The Kier molecular flexibility index (Phi) is 6.59. The number of halogens is 1. The van der Waals surface area contributed by atoms with Gasteiger partial charge in [-0.15, -0.1) is 6.58 Å². The third-order valence-corrected chi connectivity index (χ3v) is 5.95. The van der Waals surface area contributed by atoms with E-state index in [1.807, 2.05) is 54.6 Å². The maximum absolute atomic E-state index is 13.2. The average molecular weight is 507 g/mol. The Hall–Kier alpha value is -2.39. The minimum absolute atomic E-state index is 0.0509. The van der Waals surface area contributed by atoms with Crippen molar-refractivity contribution in [2.24, 2.45) is 5.41 Å². The Labute approximate surface area is 183 Å². The van der Waals surface area contributed by atoms with E-state index >= 15 is 0 Å². The van der Waals surface area contributed by atoms with Crippen molar-refractivity contribution in [3.8, 4) is 0 Å². The van der Waals surface area contributed by atoms with E-state index in [4.69, 9.17) is 14.3 Å². The van der Waals surface area contributed by atoms with E-state index in [0.29, 0.717) is 0 Å². The summed E-state index contributed by atoms with van der Waals surface area (Å²) in [6.45, 7) is 3.81. The topological polar surface area (TPSA) is 65.1 Å². The molecule has 152 valence electrons. The summed E-state index contributed by atoms with van der Waals surface area (Å²) in [6, 6.07) is 16.1. The molecule has 0 spiro atoms. The van der Waals surface area contributed by atoms with Crippen LogP contribution >= 0.6 is 22.6 Å². The van der Waals surface area contributed by atoms with E-state index in [1.54, 1.807) is 11.1 Å². The van der Waals surface area contributed by atoms with E-state index in [9.17, 15) is 9.59 Å². The van der Waals surface area contributed by atoms with Crippen LogP contribution in [0.3, 0.4) is 0 Å². The molecule has 1 unspecified atom stereocenters. The van der Waals surface area contributed by atoms with Crippen molar-refractivity contribution in [1.82, 2.24) is 0 Å². The Bertz CT molecular complexity index is 885. The quantitative estimate of drug-likeness (QED) is 0.263. The van der Waals surface area contributed by atoms with Crippen molar-refractivity contribution in [3.05, 3.63) is 76.4 Å². The number of hydrogen-bond donors (Lipinski definition) is 0. The maximum Gasteiger partial charge on any atom is 0.325 e. The van der Waals surface area contributed by atoms with E-state index < -0.39 is 29.5 Å². The maximum atomic E-state index is 13.2. The van der Waals surface area contributed by atoms with Crippen LogP contribution in [-0.2, 0) is 23.9 Å². The molecule has 7 heteroatoms. The van der Waals surface area contributed by atoms with Crippen LogP contribution < -0.4 is 5.06 Å². The molecule has 3 rings (SSSR count). The predicted octanol–water partition coefficient (Wildman–Crippen LogP) is 4.06. The molecule has 0 bridgehead atoms. The van der Waals surface area contributed by atoms with Crippen LogP contribution in [0.25, 0.3) is 0 Å². The summed E-state index contributed by atoms with van der Waals surface area (Å²) in [5, 5.41) is 1.61. The van der Waals surface area contributed by atoms with Gasteiger partial charge in [-0.2, -0.15) is 0 Å². The molecule has 2 aromatic carbocycles. The summed E-state index contributed by atoms with van der Waals surface area (Å²) in [7, 11) is 2.54. The van der Waals surface area contributed by atoms with Crippen LogP contribution in [-0.4, -0.2) is 32.3 Å². The molecule has 29 heavy (non-hydrogen) atoms. The van der Waals surface area contributed by atoms with Crippen LogP contribution in [0.4, 0.5) is 5.69 Å². The molecular formula is C22H22INO5. The zero-order valence-corrected chi connectivity index (χ0v) is 18.4. The van der Waals surface area contributed by atoms with Crippen molar-refractivity contribution in [1.29, 1.82) is 0 Å². The zero-order chi connectivity index (χ0) is 21.0. The molecule has 0 N–H and O–H groups in total. The highest BCUT2D eigenvalue weighted by Crippen LogP contribution is 2.51. The van der Waals surface area contributed by atoms with Crippen LogP contribution in [0, 0.1) is 8.99 Å². The van der Waals surface area contributed by atoms with Gasteiger partial charge in [0.05, 0.1) is 19.9 Å². The van der Waals surface area contributed by atoms with Crippen LogP contribution in [0.2, 0.25) is 0 Å². The van der Waals surface area contributed by atoms with Gasteiger partial charge in [0, 0.05) is 9.99 Å². The van der Waals surface area contributed by atoms with Crippen molar-refractivity contribution in [2.45, 2.75) is 18.6 Å². The van der Waals surface area contributed by atoms with Gasteiger partial charge in [-0.05, 0) is 40.3 Å². The molecule has 1 heterocycles. The second kappa shape index (κ2) is 8.96. The first kappa shape index (κ1) is 21.3. The normalized spacial score (nSPS) is 20.6. The fourth-order valence-electron chi connectivity index (χ4n) is 3.72. The molecule has 0 radical (unpaired) electrons. The monoisotopic (exact) mass is 507 g/mol. The highest BCUT2D eigenvalue weighted by atomic mass is 127. The molecule has 2 atom stereocenters. The van der Waals surface area contributed by atoms with Gasteiger partial charge in [0.25, 0.3) is 0 Å². The molecule has 6 nitrogen and oxygen atoms in total. The van der Waals surface area contributed by atoms with Gasteiger partial charge in [-0.3, -0.25) is 14.4 Å².